The number of halogens is 1. The first-order valence-electron chi connectivity index (χ1n) is 16.4. The number of fused-ring (bicyclic) bond motifs is 3. The molecule has 236 valence electrons. The molecule has 5 aromatic carbocycles. The van der Waals surface area contributed by atoms with Gasteiger partial charge in [-0.1, -0.05) is 143 Å². The van der Waals surface area contributed by atoms with Crippen LogP contribution in [0.2, 0.25) is 0 Å². The molecule has 0 amide bonds. The van der Waals surface area contributed by atoms with Crippen molar-refractivity contribution in [2.45, 2.75) is 18.9 Å². The zero-order chi connectivity index (χ0) is 32.9. The molecule has 6 heteroatoms. The first-order chi connectivity index (χ1) is 24.1. The molecule has 1 aliphatic carbocycles. The van der Waals surface area contributed by atoms with E-state index in [2.05, 4.69) is 154 Å². The van der Waals surface area contributed by atoms with Gasteiger partial charge in [-0.3, -0.25) is 9.36 Å². The average Bonchev–Trinajstić information content (AvgIpc) is 3.69. The summed E-state index contributed by atoms with van der Waals surface area (Å²) in [5.41, 5.74) is 12.1. The van der Waals surface area contributed by atoms with Crippen LogP contribution in [0, 0.1) is 0 Å². The number of thiazole rings is 1. The maximum atomic E-state index is 14.7. The lowest BCUT2D eigenvalue weighted by Crippen LogP contribution is -2.38. The van der Waals surface area contributed by atoms with Gasteiger partial charge >= 0.3 is 0 Å². The number of aryl methyl sites for hydroxylation is 1. The highest BCUT2D eigenvalue weighted by Gasteiger charge is 2.32. The van der Waals surface area contributed by atoms with E-state index in [1.165, 1.54) is 28.0 Å². The summed E-state index contributed by atoms with van der Waals surface area (Å²) in [6, 6.07) is 50.3. The number of nitrogens with zero attached hydrogens (tertiary/aromatic N) is 3. The third-order valence-corrected chi connectivity index (χ3v) is 11.0. The summed E-state index contributed by atoms with van der Waals surface area (Å²) < 4.78 is 5.93. The van der Waals surface area contributed by atoms with E-state index < -0.39 is 0 Å². The van der Waals surface area contributed by atoms with Crippen molar-refractivity contribution in [1.29, 1.82) is 0 Å². The molecule has 0 bridgehead atoms. The van der Waals surface area contributed by atoms with E-state index in [-0.39, 0.29) is 11.6 Å². The number of aromatic nitrogens is 2. The smallest absolute Gasteiger partial charge is 0.271 e. The Morgan fingerprint density at radius 1 is 0.735 bits per heavy atom. The zero-order valence-electron chi connectivity index (χ0n) is 26.5. The highest BCUT2D eigenvalue weighted by atomic mass is 79.9. The van der Waals surface area contributed by atoms with Gasteiger partial charge in [-0.2, -0.15) is 0 Å². The van der Waals surface area contributed by atoms with E-state index in [1.807, 2.05) is 22.8 Å². The zero-order valence-corrected chi connectivity index (χ0v) is 28.9. The predicted molar refractivity (Wildman–Crippen MR) is 204 cm³/mol. The Morgan fingerprint density at radius 2 is 1.39 bits per heavy atom. The van der Waals surface area contributed by atoms with Gasteiger partial charge in [0.1, 0.15) is 0 Å². The Kier molecular flexibility index (Phi) is 7.48. The highest BCUT2D eigenvalue weighted by Crippen LogP contribution is 2.41. The van der Waals surface area contributed by atoms with Gasteiger partial charge in [0.2, 0.25) is 0 Å². The molecule has 7 aromatic rings. The van der Waals surface area contributed by atoms with Crippen molar-refractivity contribution >= 4 is 39.0 Å². The van der Waals surface area contributed by atoms with Crippen LogP contribution in [0.25, 0.3) is 40.0 Å². The summed E-state index contributed by atoms with van der Waals surface area (Å²) in [6.45, 7) is 0. The lowest BCUT2D eigenvalue weighted by Gasteiger charge is -2.30. The predicted octanol–water partition coefficient (Wildman–Crippen LogP) is 9.21. The van der Waals surface area contributed by atoms with Crippen LogP contribution in [0.3, 0.4) is 0 Å². The lowest BCUT2D eigenvalue weighted by atomic mass is 9.83. The highest BCUT2D eigenvalue weighted by molar-refractivity contribution is 9.10. The van der Waals surface area contributed by atoms with Crippen LogP contribution in [0.4, 0.5) is 0 Å². The van der Waals surface area contributed by atoms with Gasteiger partial charge in [-0.25, -0.2) is 4.99 Å². The van der Waals surface area contributed by atoms with Crippen molar-refractivity contribution in [1.82, 2.24) is 9.13 Å². The van der Waals surface area contributed by atoms with Crippen molar-refractivity contribution in [3.05, 3.63) is 198 Å². The van der Waals surface area contributed by atoms with Crippen LogP contribution in [-0.2, 0) is 6.42 Å². The Bertz CT molecular complexity index is 2560. The summed E-state index contributed by atoms with van der Waals surface area (Å²) in [7, 11) is 0. The minimum Gasteiger partial charge on any atom is -0.309 e. The number of benzene rings is 5. The molecule has 0 fully saturated rings. The van der Waals surface area contributed by atoms with Gasteiger partial charge in [0.15, 0.2) is 4.80 Å². The average molecular weight is 717 g/mol. The lowest BCUT2D eigenvalue weighted by molar-refractivity contribution is 0.585. The summed E-state index contributed by atoms with van der Waals surface area (Å²) in [5.74, 6) is 0. The van der Waals surface area contributed by atoms with Gasteiger partial charge in [-0.15, -0.1) is 0 Å². The summed E-state index contributed by atoms with van der Waals surface area (Å²) >= 11 is 5.10. The third kappa shape index (κ3) is 5.19. The van der Waals surface area contributed by atoms with Crippen molar-refractivity contribution in [3.63, 3.8) is 0 Å². The van der Waals surface area contributed by atoms with E-state index in [1.54, 1.807) is 0 Å². The fraction of sp³-hybridized carbons (Fsp3) is 0.0698. The normalized spacial score (nSPS) is 15.4. The largest absolute Gasteiger partial charge is 0.309 e. The summed E-state index contributed by atoms with van der Waals surface area (Å²) in [6.07, 6.45) is 3.88. The van der Waals surface area contributed by atoms with Crippen LogP contribution < -0.4 is 14.9 Å². The van der Waals surface area contributed by atoms with E-state index in [0.29, 0.717) is 4.53 Å². The van der Waals surface area contributed by atoms with E-state index in [9.17, 15) is 4.79 Å². The van der Waals surface area contributed by atoms with Crippen LogP contribution in [0.1, 0.15) is 34.7 Å². The minimum atomic E-state index is -0.205. The molecule has 9 rings (SSSR count). The molecule has 0 unspecified atom stereocenters. The van der Waals surface area contributed by atoms with Crippen LogP contribution >= 0.6 is 27.3 Å². The molecule has 0 N–H and O–H groups in total. The topological polar surface area (TPSA) is 39.3 Å². The van der Waals surface area contributed by atoms with Gasteiger partial charge in [-0.05, 0) is 77.1 Å². The first-order valence-corrected chi connectivity index (χ1v) is 18.1. The molecule has 0 radical (unpaired) electrons. The number of rotatable bonds is 5. The number of hydrogen-bond donors (Lipinski definition) is 0. The monoisotopic (exact) mass is 715 g/mol. The van der Waals surface area contributed by atoms with Crippen molar-refractivity contribution in [2.75, 3.05) is 0 Å². The molecule has 0 saturated carbocycles. The Labute approximate surface area is 296 Å². The standard InChI is InChI=1S/C43H30BrN3OS/c44-33-21-23-34(24-22-33)46-37(29-13-4-1-5-14-29)26-32(40(46)30-15-6-2-7-16-30)27-38-42(48)47-41(31-17-8-3-9-18-31)36-25-20-28-12-10-11-19-35(28)39(36)45-43(47)49-38/h1-19,21-24,26-27,41H,20,25H2/b38-27+/t41-/m1/s1. The van der Waals surface area contributed by atoms with Crippen molar-refractivity contribution in [3.8, 4) is 28.2 Å². The Hall–Kier alpha value is -5.30. The van der Waals surface area contributed by atoms with E-state index in [0.717, 1.165) is 67.1 Å². The number of allylic oxidation sites excluding steroid dienone is 1. The summed E-state index contributed by atoms with van der Waals surface area (Å²) in [5, 5.41) is 0. The molecule has 0 spiro atoms. The molecule has 0 saturated heterocycles. The molecule has 2 aromatic heterocycles. The quantitative estimate of drug-likeness (QED) is 0.175. The molecule has 2 aliphatic rings. The second kappa shape index (κ2) is 12.3. The third-order valence-electron chi connectivity index (χ3n) is 9.51. The van der Waals surface area contributed by atoms with Crippen LogP contribution in [0.15, 0.2) is 165 Å². The second-order valence-corrected chi connectivity index (χ2v) is 14.3. The second-order valence-electron chi connectivity index (χ2n) is 12.4. The first kappa shape index (κ1) is 29.8. The van der Waals surface area contributed by atoms with Crippen LogP contribution in [0.5, 0.6) is 0 Å². The van der Waals surface area contributed by atoms with Gasteiger partial charge in [0.25, 0.3) is 5.56 Å². The molecule has 49 heavy (non-hydrogen) atoms. The maximum Gasteiger partial charge on any atom is 0.271 e. The molecular weight excluding hydrogens is 686 g/mol. The van der Waals surface area contributed by atoms with Crippen molar-refractivity contribution in [2.24, 2.45) is 4.99 Å². The Morgan fingerprint density at radius 3 is 2.12 bits per heavy atom. The van der Waals surface area contributed by atoms with Crippen LogP contribution in [-0.4, -0.2) is 9.13 Å². The fourth-order valence-electron chi connectivity index (χ4n) is 7.31. The SMILES string of the molecule is O=c1/c(=C\c2cc(-c3ccccc3)n(-c3ccc(Br)cc3)c2-c2ccccc2)sc2n1[C@H](c1ccccc1)C1=C(N=2)c2ccccc2CC1. The van der Waals surface area contributed by atoms with E-state index in [4.69, 9.17) is 4.99 Å². The fourth-order valence-corrected chi connectivity index (χ4v) is 8.57. The molecule has 1 atom stereocenters. The van der Waals surface area contributed by atoms with Gasteiger partial charge in [0.05, 0.1) is 27.7 Å². The van der Waals surface area contributed by atoms with Gasteiger partial charge in [0, 0.05) is 21.3 Å². The maximum absolute atomic E-state index is 14.7. The summed E-state index contributed by atoms with van der Waals surface area (Å²) in [4.78, 5) is 20.7. The van der Waals surface area contributed by atoms with E-state index >= 15 is 0 Å². The molecule has 1 aliphatic heterocycles. The molecule has 3 heterocycles. The minimum absolute atomic E-state index is 0.0142. The molecule has 4 nitrogen and oxygen atoms in total. The van der Waals surface area contributed by atoms with Gasteiger partial charge < -0.3 is 4.57 Å². The number of hydrogen-bond acceptors (Lipinski definition) is 3. The van der Waals surface area contributed by atoms with Crippen molar-refractivity contribution < 1.29 is 0 Å². The molecular formula is C43H30BrN3OS. The Balaban J connectivity index is 1.32.